The van der Waals surface area contributed by atoms with Gasteiger partial charge < -0.3 is 9.32 Å². The summed E-state index contributed by atoms with van der Waals surface area (Å²) in [6, 6.07) is 23.5. The average molecular weight is 498 g/mol. The molecule has 6 nitrogen and oxygen atoms in total. The first-order valence-corrected chi connectivity index (χ1v) is 12.3. The second-order valence-electron chi connectivity index (χ2n) is 9.44. The number of nitrogens with zero attached hydrogens (tertiary/aromatic N) is 3. The SMILES string of the molecule is CN(c1ccccc1)c1ccc(C=c2s/c(=C(\C#N)C(=O)C(C)(C)C)n(Cc3ccco3)c2=O)cc1. The van der Waals surface area contributed by atoms with Crippen molar-refractivity contribution in [2.75, 3.05) is 11.9 Å². The zero-order valence-corrected chi connectivity index (χ0v) is 21.5. The Bertz CT molecular complexity index is 1580. The van der Waals surface area contributed by atoms with E-state index in [9.17, 15) is 14.9 Å². The number of carbonyl (C=O) groups excluding carboxylic acids is 1. The van der Waals surface area contributed by atoms with Crippen LogP contribution < -0.4 is 19.7 Å². The Morgan fingerprint density at radius 3 is 2.31 bits per heavy atom. The zero-order chi connectivity index (χ0) is 25.9. The molecule has 0 saturated heterocycles. The fourth-order valence-corrected chi connectivity index (χ4v) is 4.82. The van der Waals surface area contributed by atoms with E-state index in [1.807, 2.05) is 61.6 Å². The number of carbonyl (C=O) groups is 1. The van der Waals surface area contributed by atoms with Crippen molar-refractivity contribution in [2.45, 2.75) is 27.3 Å². The van der Waals surface area contributed by atoms with Crippen molar-refractivity contribution in [1.82, 2.24) is 4.57 Å². The van der Waals surface area contributed by atoms with Gasteiger partial charge in [0.2, 0.25) is 0 Å². The number of aromatic nitrogens is 1. The van der Waals surface area contributed by atoms with Gasteiger partial charge in [-0.25, -0.2) is 0 Å². The molecule has 0 unspecified atom stereocenters. The molecular weight excluding hydrogens is 470 g/mol. The van der Waals surface area contributed by atoms with Crippen LogP contribution in [0.3, 0.4) is 0 Å². The lowest BCUT2D eigenvalue weighted by Crippen LogP contribution is -2.34. The van der Waals surface area contributed by atoms with Crippen LogP contribution in [-0.4, -0.2) is 17.4 Å². The number of rotatable bonds is 6. The summed E-state index contributed by atoms with van der Waals surface area (Å²) in [7, 11) is 2.00. The molecule has 0 aliphatic heterocycles. The topological polar surface area (TPSA) is 79.2 Å². The molecule has 0 amide bonds. The van der Waals surface area contributed by atoms with E-state index in [0.29, 0.717) is 15.0 Å². The molecule has 7 heteroatoms. The molecule has 0 saturated carbocycles. The minimum Gasteiger partial charge on any atom is -0.467 e. The maximum Gasteiger partial charge on any atom is 0.269 e. The largest absolute Gasteiger partial charge is 0.467 e. The third-order valence-electron chi connectivity index (χ3n) is 5.76. The van der Waals surface area contributed by atoms with E-state index in [4.69, 9.17) is 4.42 Å². The molecule has 0 radical (unpaired) electrons. The van der Waals surface area contributed by atoms with Gasteiger partial charge in [-0.15, -0.1) is 11.3 Å². The number of hydrogen-bond acceptors (Lipinski definition) is 6. The summed E-state index contributed by atoms with van der Waals surface area (Å²) in [4.78, 5) is 28.6. The summed E-state index contributed by atoms with van der Waals surface area (Å²) in [6.07, 6.45) is 3.32. The molecule has 4 rings (SSSR count). The number of thiazole rings is 1. The zero-order valence-electron chi connectivity index (χ0n) is 20.7. The molecule has 0 fully saturated rings. The first kappa shape index (κ1) is 25.0. The number of furan rings is 1. The maximum absolute atomic E-state index is 13.4. The molecule has 2 aromatic carbocycles. The monoisotopic (exact) mass is 497 g/mol. The van der Waals surface area contributed by atoms with E-state index >= 15 is 0 Å². The third kappa shape index (κ3) is 5.24. The minimum absolute atomic E-state index is 0.0179. The van der Waals surface area contributed by atoms with Crippen LogP contribution in [0.4, 0.5) is 11.4 Å². The van der Waals surface area contributed by atoms with E-state index in [1.54, 1.807) is 39.0 Å². The molecule has 0 bridgehead atoms. The van der Waals surface area contributed by atoms with Crippen molar-refractivity contribution in [2.24, 2.45) is 5.41 Å². The number of ketones is 1. The van der Waals surface area contributed by atoms with Crippen molar-refractivity contribution in [3.05, 3.63) is 104 Å². The number of para-hydroxylation sites is 1. The van der Waals surface area contributed by atoms with Crippen molar-refractivity contribution in [3.63, 3.8) is 0 Å². The average Bonchev–Trinajstić information content (AvgIpc) is 3.49. The summed E-state index contributed by atoms with van der Waals surface area (Å²) in [5, 5.41) is 9.88. The van der Waals surface area contributed by atoms with Crippen LogP contribution in [0.2, 0.25) is 0 Å². The van der Waals surface area contributed by atoms with Gasteiger partial charge in [-0.05, 0) is 48.0 Å². The summed E-state index contributed by atoms with van der Waals surface area (Å²) in [5.74, 6) is 0.260. The smallest absolute Gasteiger partial charge is 0.269 e. The van der Waals surface area contributed by atoms with Crippen LogP contribution in [-0.2, 0) is 11.3 Å². The Hall–Kier alpha value is -4.15. The number of anilines is 2. The lowest BCUT2D eigenvalue weighted by molar-refractivity contribution is -0.120. The Balaban J connectivity index is 1.81. The molecule has 0 atom stereocenters. The van der Waals surface area contributed by atoms with Gasteiger partial charge in [-0.2, -0.15) is 5.26 Å². The van der Waals surface area contributed by atoms with Gasteiger partial charge in [0.1, 0.15) is 22.1 Å². The Kier molecular flexibility index (Phi) is 7.09. The molecule has 4 aromatic rings. The lowest BCUT2D eigenvalue weighted by Gasteiger charge is -2.19. The number of benzene rings is 2. The first-order chi connectivity index (χ1) is 17.2. The first-order valence-electron chi connectivity index (χ1n) is 11.5. The highest BCUT2D eigenvalue weighted by Gasteiger charge is 2.27. The fraction of sp³-hybridized carbons (Fsp3) is 0.207. The second-order valence-corrected chi connectivity index (χ2v) is 10.5. The van der Waals surface area contributed by atoms with Crippen molar-refractivity contribution >= 4 is 40.1 Å². The summed E-state index contributed by atoms with van der Waals surface area (Å²) in [6.45, 7) is 5.41. The van der Waals surface area contributed by atoms with Crippen LogP contribution in [0.1, 0.15) is 32.1 Å². The van der Waals surface area contributed by atoms with Gasteiger partial charge in [0.05, 0.1) is 17.3 Å². The van der Waals surface area contributed by atoms with Gasteiger partial charge in [0.25, 0.3) is 5.56 Å². The number of Topliss-reactive ketones (excluding diaryl/α,β-unsaturated/α-hetero) is 1. The molecule has 0 aliphatic carbocycles. The quantitative estimate of drug-likeness (QED) is 0.394. The molecule has 2 heterocycles. The number of hydrogen-bond donors (Lipinski definition) is 0. The van der Waals surface area contributed by atoms with Crippen LogP contribution >= 0.6 is 11.3 Å². The Morgan fingerprint density at radius 2 is 1.72 bits per heavy atom. The highest BCUT2D eigenvalue weighted by Crippen LogP contribution is 2.23. The predicted molar refractivity (Wildman–Crippen MR) is 144 cm³/mol. The molecule has 36 heavy (non-hydrogen) atoms. The van der Waals surface area contributed by atoms with E-state index < -0.39 is 5.41 Å². The summed E-state index contributed by atoms with van der Waals surface area (Å²) < 4.78 is 7.67. The van der Waals surface area contributed by atoms with Gasteiger partial charge >= 0.3 is 0 Å². The standard InChI is InChI=1S/C29H27N3O3S/c1-29(2,3)26(33)24(18-30)28-32(19-23-11-8-16-35-23)27(34)25(36-28)17-20-12-14-22(15-13-20)31(4)21-9-6-5-7-10-21/h5-17H,19H2,1-4H3/b25-17?,28-24+. The molecule has 0 aliphatic rings. The van der Waals surface area contributed by atoms with Crippen molar-refractivity contribution in [3.8, 4) is 6.07 Å². The summed E-state index contributed by atoms with van der Waals surface area (Å²) in [5.41, 5.74) is 1.88. The van der Waals surface area contributed by atoms with Crippen molar-refractivity contribution in [1.29, 1.82) is 5.26 Å². The van der Waals surface area contributed by atoms with E-state index in [-0.39, 0.29) is 23.5 Å². The highest BCUT2D eigenvalue weighted by atomic mass is 32.1. The Labute approximate surface area is 213 Å². The minimum atomic E-state index is -0.759. The number of nitriles is 1. The maximum atomic E-state index is 13.4. The Morgan fingerprint density at radius 1 is 1.06 bits per heavy atom. The van der Waals surface area contributed by atoms with Gasteiger partial charge in [0.15, 0.2) is 5.78 Å². The predicted octanol–water partition coefficient (Wildman–Crippen LogP) is 4.44. The van der Waals surface area contributed by atoms with E-state index in [2.05, 4.69) is 11.0 Å². The molecule has 182 valence electrons. The van der Waals surface area contributed by atoms with Crippen LogP contribution in [0.15, 0.2) is 82.2 Å². The molecule has 0 N–H and O–H groups in total. The molecule has 0 spiro atoms. The second kappa shape index (κ2) is 10.2. The van der Waals surface area contributed by atoms with Crippen LogP contribution in [0.5, 0.6) is 0 Å². The summed E-state index contributed by atoms with van der Waals surface area (Å²) >= 11 is 1.15. The van der Waals surface area contributed by atoms with Crippen LogP contribution in [0.25, 0.3) is 11.6 Å². The highest BCUT2D eigenvalue weighted by molar-refractivity contribution is 7.07. The molecule has 2 aromatic heterocycles. The fourth-order valence-electron chi connectivity index (χ4n) is 3.72. The van der Waals surface area contributed by atoms with Gasteiger partial charge in [-0.1, -0.05) is 51.1 Å². The van der Waals surface area contributed by atoms with Gasteiger partial charge in [0, 0.05) is 23.8 Å². The molecular formula is C29H27N3O3S. The van der Waals surface area contributed by atoms with E-state index in [1.165, 1.54) is 10.8 Å². The van der Waals surface area contributed by atoms with Crippen LogP contribution in [0, 0.1) is 16.7 Å². The normalized spacial score (nSPS) is 12.8. The third-order valence-corrected chi connectivity index (χ3v) is 6.89. The van der Waals surface area contributed by atoms with E-state index in [0.717, 1.165) is 28.3 Å². The van der Waals surface area contributed by atoms with Gasteiger partial charge in [-0.3, -0.25) is 14.2 Å². The lowest BCUT2D eigenvalue weighted by atomic mass is 9.87. The van der Waals surface area contributed by atoms with Crippen molar-refractivity contribution < 1.29 is 9.21 Å².